The van der Waals surface area contributed by atoms with Crippen LogP contribution in [0.3, 0.4) is 0 Å². The number of aromatic nitrogens is 3. The van der Waals surface area contributed by atoms with Crippen molar-refractivity contribution in [1.29, 1.82) is 0 Å². The number of halogens is 1. The summed E-state index contributed by atoms with van der Waals surface area (Å²) in [5, 5.41) is 12.7. The van der Waals surface area contributed by atoms with Crippen molar-refractivity contribution < 1.29 is 9.53 Å². The molecule has 1 amide bonds. The molecule has 7 nitrogen and oxygen atoms in total. The van der Waals surface area contributed by atoms with Crippen LogP contribution in [0.1, 0.15) is 40.8 Å². The summed E-state index contributed by atoms with van der Waals surface area (Å²) in [5.74, 6) is 1.79. The van der Waals surface area contributed by atoms with Crippen molar-refractivity contribution in [3.8, 4) is 5.75 Å². The SMILES string of the molecule is CC1=C(C(=O)Nc2cccc(C)c2C)C(c2cccc(OCc3ccc(Cl)cc3)c2)n2nc(SCc3ccccc3)nc2N1. The van der Waals surface area contributed by atoms with Crippen LogP contribution in [0.4, 0.5) is 11.6 Å². The van der Waals surface area contributed by atoms with E-state index >= 15 is 0 Å². The average molecular weight is 622 g/mol. The Bertz CT molecular complexity index is 1840. The van der Waals surface area contributed by atoms with Gasteiger partial charge in [0.25, 0.3) is 5.91 Å². The van der Waals surface area contributed by atoms with E-state index in [-0.39, 0.29) is 5.91 Å². The minimum atomic E-state index is -0.533. The van der Waals surface area contributed by atoms with Crippen LogP contribution < -0.4 is 15.4 Å². The predicted molar refractivity (Wildman–Crippen MR) is 177 cm³/mol. The molecule has 222 valence electrons. The quantitative estimate of drug-likeness (QED) is 0.161. The highest BCUT2D eigenvalue weighted by molar-refractivity contribution is 7.98. The molecular weight excluding hydrogens is 590 g/mol. The number of hydrogen-bond donors (Lipinski definition) is 2. The predicted octanol–water partition coefficient (Wildman–Crippen LogP) is 8.35. The van der Waals surface area contributed by atoms with E-state index in [0.29, 0.717) is 39.8 Å². The molecule has 0 spiro atoms. The lowest BCUT2D eigenvalue weighted by Gasteiger charge is -2.29. The molecule has 0 fully saturated rings. The van der Waals surface area contributed by atoms with Gasteiger partial charge in [0.05, 0.1) is 5.57 Å². The van der Waals surface area contributed by atoms with Gasteiger partial charge in [-0.15, -0.1) is 5.10 Å². The summed E-state index contributed by atoms with van der Waals surface area (Å²) >= 11 is 7.61. The van der Waals surface area contributed by atoms with Gasteiger partial charge in [-0.3, -0.25) is 4.79 Å². The van der Waals surface area contributed by atoms with Gasteiger partial charge in [-0.05, 0) is 78.9 Å². The fraction of sp³-hybridized carbons (Fsp3) is 0.171. The lowest BCUT2D eigenvalue weighted by molar-refractivity contribution is -0.113. The lowest BCUT2D eigenvalue weighted by atomic mass is 9.94. The van der Waals surface area contributed by atoms with Gasteiger partial charge >= 0.3 is 0 Å². The normalized spacial score (nSPS) is 14.1. The number of rotatable bonds is 9. The van der Waals surface area contributed by atoms with Crippen molar-refractivity contribution in [2.45, 2.75) is 44.3 Å². The number of benzene rings is 4. The van der Waals surface area contributed by atoms with E-state index in [2.05, 4.69) is 22.8 Å². The van der Waals surface area contributed by atoms with E-state index in [4.69, 9.17) is 26.4 Å². The second-order valence-electron chi connectivity index (χ2n) is 10.7. The third-order valence-electron chi connectivity index (χ3n) is 7.63. The van der Waals surface area contributed by atoms with Crippen LogP contribution in [0.15, 0.2) is 113 Å². The molecule has 1 aliphatic heterocycles. The number of anilines is 2. The van der Waals surface area contributed by atoms with Crippen molar-refractivity contribution in [2.24, 2.45) is 0 Å². The smallest absolute Gasteiger partial charge is 0.255 e. The van der Waals surface area contributed by atoms with E-state index in [1.807, 2.05) is 106 Å². The molecule has 2 N–H and O–H groups in total. The summed E-state index contributed by atoms with van der Waals surface area (Å²) in [6, 6.07) is 31.0. The van der Waals surface area contributed by atoms with Gasteiger partial charge in [-0.25, -0.2) is 4.68 Å². The maximum atomic E-state index is 14.1. The Morgan fingerprint density at radius 1 is 0.955 bits per heavy atom. The second kappa shape index (κ2) is 13.0. The highest BCUT2D eigenvalue weighted by Gasteiger charge is 2.35. The van der Waals surface area contributed by atoms with Gasteiger partial charge in [-0.2, -0.15) is 4.98 Å². The van der Waals surface area contributed by atoms with Crippen LogP contribution >= 0.6 is 23.4 Å². The molecule has 2 heterocycles. The monoisotopic (exact) mass is 621 g/mol. The summed E-state index contributed by atoms with van der Waals surface area (Å²) in [7, 11) is 0. The van der Waals surface area contributed by atoms with Crippen molar-refractivity contribution in [3.63, 3.8) is 0 Å². The number of nitrogens with one attached hydrogen (secondary N) is 2. The molecule has 44 heavy (non-hydrogen) atoms. The van der Waals surface area contributed by atoms with Crippen LogP contribution in [0, 0.1) is 13.8 Å². The number of carbonyl (C=O) groups excluding carboxylic acids is 1. The molecule has 6 rings (SSSR count). The van der Waals surface area contributed by atoms with Crippen LogP contribution in [-0.2, 0) is 17.2 Å². The molecule has 5 aromatic rings. The molecule has 9 heteroatoms. The number of ether oxygens (including phenoxy) is 1. The lowest BCUT2D eigenvalue weighted by Crippen LogP contribution is -2.31. The van der Waals surface area contributed by atoms with Gasteiger partial charge in [-0.1, -0.05) is 90.1 Å². The highest BCUT2D eigenvalue weighted by Crippen LogP contribution is 2.38. The van der Waals surface area contributed by atoms with Crippen molar-refractivity contribution >= 4 is 40.9 Å². The Hall–Kier alpha value is -4.53. The van der Waals surface area contributed by atoms with E-state index in [0.717, 1.165) is 33.7 Å². The summed E-state index contributed by atoms with van der Waals surface area (Å²) < 4.78 is 7.97. The Labute approximate surface area is 266 Å². The van der Waals surface area contributed by atoms with Crippen LogP contribution in [0.2, 0.25) is 5.02 Å². The Morgan fingerprint density at radius 3 is 2.52 bits per heavy atom. The molecule has 0 bridgehead atoms. The molecule has 0 saturated carbocycles. The van der Waals surface area contributed by atoms with E-state index in [1.54, 1.807) is 16.4 Å². The summed E-state index contributed by atoms with van der Waals surface area (Å²) in [4.78, 5) is 18.9. The van der Waals surface area contributed by atoms with Crippen molar-refractivity contribution in [2.75, 3.05) is 10.6 Å². The number of allylic oxidation sites excluding steroid dienone is 1. The largest absolute Gasteiger partial charge is 0.489 e. The van der Waals surface area contributed by atoms with E-state index in [1.165, 1.54) is 5.56 Å². The molecule has 0 radical (unpaired) electrons. The van der Waals surface area contributed by atoms with Crippen LogP contribution in [0.5, 0.6) is 5.75 Å². The third-order valence-corrected chi connectivity index (χ3v) is 8.79. The van der Waals surface area contributed by atoms with Gasteiger partial charge < -0.3 is 15.4 Å². The molecule has 4 aromatic carbocycles. The number of fused-ring (bicyclic) bond motifs is 1. The number of hydrogen-bond acceptors (Lipinski definition) is 6. The van der Waals surface area contributed by atoms with Crippen LogP contribution in [0.25, 0.3) is 0 Å². The Balaban J connectivity index is 1.34. The van der Waals surface area contributed by atoms with E-state index in [9.17, 15) is 4.79 Å². The number of aryl methyl sites for hydroxylation is 1. The molecule has 0 saturated heterocycles. The standard InChI is InChI=1S/C35H32ClN5O2S/c1-22-9-7-14-30(23(22)2)38-33(42)31-24(3)37-34-39-35(44-21-26-10-5-4-6-11-26)40-41(34)32(31)27-12-8-13-29(19-27)43-20-25-15-17-28(36)18-16-25/h4-19,32H,20-21H2,1-3H3,(H,38,42)(H,37,39,40). The minimum absolute atomic E-state index is 0.208. The number of carbonyl (C=O) groups is 1. The Kier molecular flexibility index (Phi) is 8.72. The highest BCUT2D eigenvalue weighted by atomic mass is 35.5. The first-order valence-electron chi connectivity index (χ1n) is 14.3. The number of thioether (sulfide) groups is 1. The fourth-order valence-corrected chi connectivity index (χ4v) is 6.03. The topological polar surface area (TPSA) is 81.1 Å². The molecule has 0 aliphatic carbocycles. The van der Waals surface area contributed by atoms with Crippen molar-refractivity contribution in [1.82, 2.24) is 14.8 Å². The number of amides is 1. The molecular formula is C35H32ClN5O2S. The first-order chi connectivity index (χ1) is 21.4. The van der Waals surface area contributed by atoms with Gasteiger partial charge in [0.2, 0.25) is 11.1 Å². The summed E-state index contributed by atoms with van der Waals surface area (Å²) in [5.41, 5.74) is 7.22. The minimum Gasteiger partial charge on any atom is -0.489 e. The zero-order valence-corrected chi connectivity index (χ0v) is 26.2. The van der Waals surface area contributed by atoms with Crippen LogP contribution in [-0.4, -0.2) is 20.7 Å². The molecule has 1 aromatic heterocycles. The first-order valence-corrected chi connectivity index (χ1v) is 15.7. The summed E-state index contributed by atoms with van der Waals surface area (Å²) in [6.45, 7) is 6.33. The van der Waals surface area contributed by atoms with Crippen molar-refractivity contribution in [3.05, 3.63) is 141 Å². The van der Waals surface area contributed by atoms with Gasteiger partial charge in [0.15, 0.2) is 0 Å². The first kappa shape index (κ1) is 29.5. The van der Waals surface area contributed by atoms with Gasteiger partial charge in [0, 0.05) is 22.2 Å². The second-order valence-corrected chi connectivity index (χ2v) is 12.1. The maximum absolute atomic E-state index is 14.1. The average Bonchev–Trinajstić information content (AvgIpc) is 3.44. The van der Waals surface area contributed by atoms with Gasteiger partial charge in [0.1, 0.15) is 18.4 Å². The summed E-state index contributed by atoms with van der Waals surface area (Å²) in [6.07, 6.45) is 0. The fourth-order valence-electron chi connectivity index (χ4n) is 5.11. The molecule has 1 aliphatic rings. The van der Waals surface area contributed by atoms with E-state index < -0.39 is 6.04 Å². The number of nitrogens with zero attached hydrogens (tertiary/aromatic N) is 3. The zero-order chi connectivity index (χ0) is 30.6. The maximum Gasteiger partial charge on any atom is 0.255 e. The third kappa shape index (κ3) is 6.51. The molecule has 1 atom stereocenters. The Morgan fingerprint density at radius 2 is 1.73 bits per heavy atom. The zero-order valence-electron chi connectivity index (χ0n) is 24.7. The molecule has 1 unspecified atom stereocenters.